The van der Waals surface area contributed by atoms with Crippen molar-refractivity contribution in [2.24, 2.45) is 11.7 Å². The van der Waals surface area contributed by atoms with Crippen LogP contribution in [0, 0.1) is 11.3 Å². The largest absolute Gasteiger partial charge is 0.383 e. The average Bonchev–Trinajstić information content (AvgIpc) is 2.95. The Morgan fingerprint density at radius 3 is 2.88 bits per heavy atom. The Balaban J connectivity index is 1.88. The molecule has 0 spiro atoms. The van der Waals surface area contributed by atoms with Gasteiger partial charge in [0.05, 0.1) is 5.39 Å². The Morgan fingerprint density at radius 2 is 2.12 bits per heavy atom. The molecular weight excluding hydrogens is 300 g/mol. The quantitative estimate of drug-likeness (QED) is 0.642. The highest BCUT2D eigenvalue weighted by Gasteiger charge is 2.31. The lowest BCUT2D eigenvalue weighted by Gasteiger charge is -2.35. The number of rotatable bonds is 4. The third kappa shape index (κ3) is 2.27. The Labute approximate surface area is 140 Å². The lowest BCUT2D eigenvalue weighted by atomic mass is 9.80. The summed E-state index contributed by atoms with van der Waals surface area (Å²) >= 11 is 0. The summed E-state index contributed by atoms with van der Waals surface area (Å²) in [5.74, 6) is 1.08. The van der Waals surface area contributed by atoms with E-state index in [4.69, 9.17) is 16.9 Å². The number of nitrogen functional groups attached to an aromatic ring is 1. The van der Waals surface area contributed by atoms with Crippen LogP contribution in [0.1, 0.15) is 24.4 Å². The Kier molecular flexibility index (Phi) is 3.54. The summed E-state index contributed by atoms with van der Waals surface area (Å²) < 4.78 is 2.21. The molecule has 1 fully saturated rings. The van der Waals surface area contributed by atoms with Crippen LogP contribution in [0.5, 0.6) is 0 Å². The predicted molar refractivity (Wildman–Crippen MR) is 96.1 cm³/mol. The first-order valence-electron chi connectivity index (χ1n) is 8.13. The lowest BCUT2D eigenvalue weighted by Crippen LogP contribution is -2.31. The van der Waals surface area contributed by atoms with Crippen LogP contribution < -0.4 is 11.5 Å². The zero-order valence-electron chi connectivity index (χ0n) is 13.3. The van der Waals surface area contributed by atoms with E-state index in [0.717, 1.165) is 47.1 Å². The van der Waals surface area contributed by atoms with Crippen LogP contribution in [-0.2, 0) is 0 Å². The van der Waals surface area contributed by atoms with E-state index in [0.29, 0.717) is 17.8 Å². The van der Waals surface area contributed by atoms with Gasteiger partial charge in [-0.3, -0.25) is 0 Å². The minimum Gasteiger partial charge on any atom is -0.383 e. The van der Waals surface area contributed by atoms with E-state index in [1.54, 1.807) is 0 Å². The third-order valence-electron chi connectivity index (χ3n) is 4.94. The fraction of sp³-hybridized carbons (Fsp3) is 0.278. The first kappa shape index (κ1) is 14.8. The van der Waals surface area contributed by atoms with E-state index in [9.17, 15) is 0 Å². The Bertz CT molecular complexity index is 907. The normalized spacial score (nSPS) is 20.0. The molecule has 1 aromatic carbocycles. The molecule has 0 bridgehead atoms. The average molecular weight is 320 g/mol. The number of anilines is 1. The maximum atomic E-state index is 7.47. The molecule has 1 aliphatic rings. The van der Waals surface area contributed by atoms with Gasteiger partial charge in [-0.05, 0) is 42.5 Å². The van der Waals surface area contributed by atoms with E-state index >= 15 is 0 Å². The molecular formula is C18H20N6. The van der Waals surface area contributed by atoms with Crippen LogP contribution in [-0.4, -0.2) is 27.3 Å². The molecule has 2 aromatic heterocycles. The molecule has 2 heterocycles. The summed E-state index contributed by atoms with van der Waals surface area (Å²) in [6, 6.07) is 8.29. The first-order valence-corrected chi connectivity index (χ1v) is 8.13. The maximum absolute atomic E-state index is 7.47. The van der Waals surface area contributed by atoms with Crippen molar-refractivity contribution in [1.29, 1.82) is 5.41 Å². The first-order chi connectivity index (χ1) is 11.7. The van der Waals surface area contributed by atoms with E-state index in [2.05, 4.69) is 20.7 Å². The number of fused-ring (bicyclic) bond motifs is 1. The zero-order valence-corrected chi connectivity index (χ0v) is 13.3. The fourth-order valence-electron chi connectivity index (χ4n) is 3.52. The second-order valence-corrected chi connectivity index (χ2v) is 6.40. The topological polar surface area (TPSA) is 107 Å². The summed E-state index contributed by atoms with van der Waals surface area (Å²) in [4.78, 5) is 8.65. The van der Waals surface area contributed by atoms with E-state index < -0.39 is 0 Å². The monoisotopic (exact) mass is 320 g/mol. The minimum absolute atomic E-state index is 0.412. The standard InChI is InChI=1S/C18H20N6/c19-7-11-2-1-3-13(4-11)15-9-24(14-5-12(6-14)8-20)18-16(15)17(21)22-10-23-18/h1-4,7,9-10,12,14,19H,5-6,8,20H2,(H2,21,22,23). The highest BCUT2D eigenvalue weighted by molar-refractivity contribution is 6.01. The molecule has 5 N–H and O–H groups in total. The number of nitrogens with zero attached hydrogens (tertiary/aromatic N) is 3. The van der Waals surface area contributed by atoms with Crippen molar-refractivity contribution < 1.29 is 0 Å². The molecule has 0 unspecified atom stereocenters. The van der Waals surface area contributed by atoms with Gasteiger partial charge in [0.1, 0.15) is 17.8 Å². The number of benzene rings is 1. The van der Waals surface area contributed by atoms with Crippen molar-refractivity contribution in [2.45, 2.75) is 18.9 Å². The fourth-order valence-corrected chi connectivity index (χ4v) is 3.52. The van der Waals surface area contributed by atoms with Gasteiger partial charge in [0.15, 0.2) is 0 Å². The second kappa shape index (κ2) is 5.72. The SMILES string of the molecule is N=Cc1cccc(-c2cn(C3CC(CN)C3)c3ncnc(N)c23)c1. The molecule has 6 heteroatoms. The van der Waals surface area contributed by atoms with Crippen LogP contribution in [0.4, 0.5) is 5.82 Å². The molecule has 0 radical (unpaired) electrons. The number of nitrogens with two attached hydrogens (primary N) is 2. The minimum atomic E-state index is 0.412. The highest BCUT2D eigenvalue weighted by atomic mass is 15.1. The predicted octanol–water partition coefficient (Wildman–Crippen LogP) is 2.59. The van der Waals surface area contributed by atoms with E-state index in [1.165, 1.54) is 12.5 Å². The summed E-state index contributed by atoms with van der Waals surface area (Å²) in [7, 11) is 0. The highest BCUT2D eigenvalue weighted by Crippen LogP contribution is 2.42. The Hall–Kier alpha value is -2.73. The maximum Gasteiger partial charge on any atom is 0.146 e. The van der Waals surface area contributed by atoms with Gasteiger partial charge in [-0.15, -0.1) is 0 Å². The van der Waals surface area contributed by atoms with Crippen molar-refractivity contribution in [3.05, 3.63) is 42.4 Å². The number of nitrogens with one attached hydrogen (secondary N) is 1. The van der Waals surface area contributed by atoms with Crippen LogP contribution in [0.3, 0.4) is 0 Å². The van der Waals surface area contributed by atoms with E-state index in [1.807, 2.05) is 24.3 Å². The molecule has 1 aliphatic carbocycles. The summed E-state index contributed by atoms with van der Waals surface area (Å²) in [5, 5.41) is 8.36. The van der Waals surface area contributed by atoms with Crippen LogP contribution >= 0.6 is 0 Å². The molecule has 0 aliphatic heterocycles. The molecule has 6 nitrogen and oxygen atoms in total. The van der Waals surface area contributed by atoms with Crippen molar-refractivity contribution in [1.82, 2.24) is 14.5 Å². The van der Waals surface area contributed by atoms with Crippen molar-refractivity contribution in [3.63, 3.8) is 0 Å². The van der Waals surface area contributed by atoms with Gasteiger partial charge in [0.2, 0.25) is 0 Å². The van der Waals surface area contributed by atoms with Crippen molar-refractivity contribution in [3.8, 4) is 11.1 Å². The smallest absolute Gasteiger partial charge is 0.146 e. The lowest BCUT2D eigenvalue weighted by molar-refractivity contribution is 0.209. The van der Waals surface area contributed by atoms with Gasteiger partial charge < -0.3 is 21.4 Å². The van der Waals surface area contributed by atoms with Crippen LogP contribution in [0.2, 0.25) is 0 Å². The molecule has 0 saturated heterocycles. The molecule has 0 atom stereocenters. The molecule has 3 aromatic rings. The second-order valence-electron chi connectivity index (χ2n) is 6.40. The number of hydrogen-bond acceptors (Lipinski definition) is 5. The summed E-state index contributed by atoms with van der Waals surface area (Å²) in [6.07, 6.45) is 7.13. The molecule has 1 saturated carbocycles. The summed E-state index contributed by atoms with van der Waals surface area (Å²) in [6.45, 7) is 0.737. The van der Waals surface area contributed by atoms with Gasteiger partial charge in [0.25, 0.3) is 0 Å². The summed E-state index contributed by atoms with van der Waals surface area (Å²) in [5.41, 5.74) is 15.7. The van der Waals surface area contributed by atoms with Crippen LogP contribution in [0.25, 0.3) is 22.2 Å². The van der Waals surface area contributed by atoms with Gasteiger partial charge in [-0.1, -0.05) is 18.2 Å². The molecule has 24 heavy (non-hydrogen) atoms. The number of aromatic nitrogens is 3. The van der Waals surface area contributed by atoms with Gasteiger partial charge in [-0.2, -0.15) is 0 Å². The molecule has 4 rings (SSSR count). The molecule has 0 amide bonds. The van der Waals surface area contributed by atoms with Gasteiger partial charge in [-0.25, -0.2) is 9.97 Å². The zero-order chi connectivity index (χ0) is 16.7. The molecule has 122 valence electrons. The van der Waals surface area contributed by atoms with Crippen molar-refractivity contribution in [2.75, 3.05) is 12.3 Å². The number of hydrogen-bond donors (Lipinski definition) is 3. The third-order valence-corrected chi connectivity index (χ3v) is 4.94. The van der Waals surface area contributed by atoms with E-state index in [-0.39, 0.29) is 0 Å². The van der Waals surface area contributed by atoms with Crippen molar-refractivity contribution >= 4 is 23.1 Å². The Morgan fingerprint density at radius 1 is 1.29 bits per heavy atom. The van der Waals surface area contributed by atoms with Gasteiger partial charge >= 0.3 is 0 Å². The van der Waals surface area contributed by atoms with Crippen LogP contribution in [0.15, 0.2) is 36.8 Å². The van der Waals surface area contributed by atoms with Gasteiger partial charge in [0, 0.05) is 24.0 Å².